The second-order valence-corrected chi connectivity index (χ2v) is 6.97. The molecule has 3 heteroatoms. The number of hydrogen-bond donors (Lipinski definition) is 2. The zero-order valence-corrected chi connectivity index (χ0v) is 13.3. The van der Waals surface area contributed by atoms with E-state index in [0.717, 1.165) is 38.8 Å². The standard InChI is InChI=1S/C17H32N2O/c1-3-10-17(11-7-12-18-13-17)16(20)19-14(2)15-8-5-4-6-9-15/h14-15,18H,3-13H2,1-2H3,(H,19,20). The third-order valence-corrected chi connectivity index (χ3v) is 5.40. The highest BCUT2D eigenvalue weighted by Gasteiger charge is 2.39. The van der Waals surface area contributed by atoms with E-state index in [4.69, 9.17) is 0 Å². The molecule has 0 aromatic carbocycles. The largest absolute Gasteiger partial charge is 0.353 e. The summed E-state index contributed by atoms with van der Waals surface area (Å²) >= 11 is 0. The van der Waals surface area contributed by atoms with E-state index in [1.54, 1.807) is 0 Å². The van der Waals surface area contributed by atoms with Crippen LogP contribution in [0.5, 0.6) is 0 Å². The minimum atomic E-state index is -0.143. The van der Waals surface area contributed by atoms with Crippen LogP contribution in [0.3, 0.4) is 0 Å². The third-order valence-electron chi connectivity index (χ3n) is 5.40. The second kappa shape index (κ2) is 7.44. The number of carbonyl (C=O) groups excluding carboxylic acids is 1. The fourth-order valence-electron chi connectivity index (χ4n) is 4.08. The minimum Gasteiger partial charge on any atom is -0.353 e. The molecule has 2 N–H and O–H groups in total. The number of hydrogen-bond acceptors (Lipinski definition) is 2. The van der Waals surface area contributed by atoms with Crippen molar-refractivity contribution in [1.29, 1.82) is 0 Å². The van der Waals surface area contributed by atoms with Gasteiger partial charge in [0.2, 0.25) is 5.91 Å². The Bertz CT molecular complexity index is 299. The minimum absolute atomic E-state index is 0.143. The zero-order valence-electron chi connectivity index (χ0n) is 13.3. The lowest BCUT2D eigenvalue weighted by Crippen LogP contribution is -2.53. The molecule has 1 amide bonds. The van der Waals surface area contributed by atoms with Crippen molar-refractivity contribution in [3.63, 3.8) is 0 Å². The zero-order chi connectivity index (χ0) is 14.4. The molecule has 20 heavy (non-hydrogen) atoms. The predicted octanol–water partition coefficient (Wildman–Crippen LogP) is 3.24. The molecule has 2 rings (SSSR count). The highest BCUT2D eigenvalue weighted by molar-refractivity contribution is 5.83. The molecule has 0 radical (unpaired) electrons. The van der Waals surface area contributed by atoms with Gasteiger partial charge in [-0.1, -0.05) is 32.6 Å². The van der Waals surface area contributed by atoms with E-state index in [9.17, 15) is 4.79 Å². The average Bonchev–Trinajstić information content (AvgIpc) is 2.49. The Kier molecular flexibility index (Phi) is 5.88. The average molecular weight is 280 g/mol. The van der Waals surface area contributed by atoms with Gasteiger partial charge in [-0.25, -0.2) is 0 Å². The number of nitrogens with one attached hydrogen (secondary N) is 2. The maximum absolute atomic E-state index is 12.8. The van der Waals surface area contributed by atoms with E-state index in [2.05, 4.69) is 24.5 Å². The van der Waals surface area contributed by atoms with Crippen LogP contribution in [-0.2, 0) is 4.79 Å². The SMILES string of the molecule is CCCC1(C(=O)NC(C)C2CCCCC2)CCCNC1. The smallest absolute Gasteiger partial charge is 0.227 e. The number of amides is 1. The summed E-state index contributed by atoms with van der Waals surface area (Å²) in [6.45, 7) is 6.33. The van der Waals surface area contributed by atoms with E-state index < -0.39 is 0 Å². The van der Waals surface area contributed by atoms with Crippen molar-refractivity contribution in [2.45, 2.75) is 77.7 Å². The number of rotatable bonds is 5. The fourth-order valence-corrected chi connectivity index (χ4v) is 4.08. The van der Waals surface area contributed by atoms with E-state index in [0.29, 0.717) is 17.9 Å². The highest BCUT2D eigenvalue weighted by atomic mass is 16.2. The van der Waals surface area contributed by atoms with Gasteiger partial charge in [0.25, 0.3) is 0 Å². The Labute approximate surface area is 124 Å². The molecule has 1 heterocycles. The van der Waals surface area contributed by atoms with Crippen molar-refractivity contribution in [2.75, 3.05) is 13.1 Å². The molecule has 2 unspecified atom stereocenters. The molecular weight excluding hydrogens is 248 g/mol. The van der Waals surface area contributed by atoms with Crippen molar-refractivity contribution in [3.8, 4) is 0 Å². The molecule has 1 aliphatic heterocycles. The van der Waals surface area contributed by atoms with Crippen LogP contribution in [0.4, 0.5) is 0 Å². The van der Waals surface area contributed by atoms with Gasteiger partial charge in [-0.2, -0.15) is 0 Å². The molecule has 3 nitrogen and oxygen atoms in total. The molecule has 2 atom stereocenters. The molecule has 0 bridgehead atoms. The first kappa shape index (κ1) is 15.8. The Balaban J connectivity index is 1.93. The Morgan fingerprint density at radius 2 is 2.05 bits per heavy atom. The summed E-state index contributed by atoms with van der Waals surface area (Å²) in [6, 6.07) is 0.346. The van der Waals surface area contributed by atoms with E-state index >= 15 is 0 Å². The predicted molar refractivity (Wildman–Crippen MR) is 83.6 cm³/mol. The summed E-state index contributed by atoms with van der Waals surface area (Å²) in [5.74, 6) is 1.01. The van der Waals surface area contributed by atoms with Crippen molar-refractivity contribution in [2.24, 2.45) is 11.3 Å². The molecule has 1 aliphatic carbocycles. The van der Waals surface area contributed by atoms with Gasteiger partial charge < -0.3 is 10.6 Å². The first-order valence-electron chi connectivity index (χ1n) is 8.69. The van der Waals surface area contributed by atoms with Crippen LogP contribution < -0.4 is 10.6 Å². The van der Waals surface area contributed by atoms with Crippen molar-refractivity contribution in [1.82, 2.24) is 10.6 Å². The summed E-state index contributed by atoms with van der Waals surface area (Å²) in [6.07, 6.45) is 10.9. The lowest BCUT2D eigenvalue weighted by atomic mass is 9.75. The molecule has 0 aromatic rings. The third kappa shape index (κ3) is 3.75. The summed E-state index contributed by atoms with van der Waals surface area (Å²) < 4.78 is 0. The van der Waals surface area contributed by atoms with Gasteiger partial charge in [-0.3, -0.25) is 4.79 Å². The Hall–Kier alpha value is -0.570. The molecule has 1 saturated heterocycles. The quantitative estimate of drug-likeness (QED) is 0.811. The molecule has 2 fully saturated rings. The van der Waals surface area contributed by atoms with Gasteiger partial charge in [-0.15, -0.1) is 0 Å². The number of piperidine rings is 1. The van der Waals surface area contributed by atoms with Crippen molar-refractivity contribution >= 4 is 5.91 Å². The first-order chi connectivity index (χ1) is 9.68. The molecule has 116 valence electrons. The second-order valence-electron chi connectivity index (χ2n) is 6.97. The summed E-state index contributed by atoms with van der Waals surface area (Å²) in [5, 5.41) is 6.80. The Morgan fingerprint density at radius 1 is 1.30 bits per heavy atom. The van der Waals surface area contributed by atoms with Gasteiger partial charge in [0.1, 0.15) is 0 Å². The maximum atomic E-state index is 12.8. The maximum Gasteiger partial charge on any atom is 0.227 e. The van der Waals surface area contributed by atoms with E-state index in [1.165, 1.54) is 32.1 Å². The fraction of sp³-hybridized carbons (Fsp3) is 0.941. The van der Waals surface area contributed by atoms with Crippen LogP contribution in [0, 0.1) is 11.3 Å². The summed E-state index contributed by atoms with van der Waals surface area (Å²) in [7, 11) is 0. The van der Waals surface area contributed by atoms with Gasteiger partial charge in [0, 0.05) is 12.6 Å². The van der Waals surface area contributed by atoms with Crippen LogP contribution in [0.2, 0.25) is 0 Å². The summed E-state index contributed by atoms with van der Waals surface area (Å²) in [4.78, 5) is 12.8. The lowest BCUT2D eigenvalue weighted by Gasteiger charge is -2.38. The van der Waals surface area contributed by atoms with E-state index in [1.807, 2.05) is 0 Å². The first-order valence-corrected chi connectivity index (χ1v) is 8.69. The lowest BCUT2D eigenvalue weighted by molar-refractivity contribution is -0.133. The summed E-state index contributed by atoms with van der Waals surface area (Å²) in [5.41, 5.74) is -0.143. The van der Waals surface area contributed by atoms with Crippen LogP contribution in [0.15, 0.2) is 0 Å². The molecule has 0 aromatic heterocycles. The topological polar surface area (TPSA) is 41.1 Å². The molecule has 1 saturated carbocycles. The van der Waals surface area contributed by atoms with Crippen LogP contribution in [-0.4, -0.2) is 25.0 Å². The molecular formula is C17H32N2O. The van der Waals surface area contributed by atoms with Crippen molar-refractivity contribution in [3.05, 3.63) is 0 Å². The van der Waals surface area contributed by atoms with Gasteiger partial charge in [-0.05, 0) is 51.5 Å². The van der Waals surface area contributed by atoms with Gasteiger partial charge >= 0.3 is 0 Å². The molecule has 0 spiro atoms. The highest BCUT2D eigenvalue weighted by Crippen LogP contribution is 2.33. The number of carbonyl (C=O) groups is 1. The monoisotopic (exact) mass is 280 g/mol. The van der Waals surface area contributed by atoms with E-state index in [-0.39, 0.29) is 5.41 Å². The van der Waals surface area contributed by atoms with Crippen molar-refractivity contribution < 1.29 is 4.79 Å². The van der Waals surface area contributed by atoms with Gasteiger partial charge in [0.15, 0.2) is 0 Å². The molecule has 2 aliphatic rings. The normalized spacial score (nSPS) is 29.9. The van der Waals surface area contributed by atoms with Crippen LogP contribution in [0.1, 0.15) is 71.6 Å². The van der Waals surface area contributed by atoms with Crippen LogP contribution in [0.25, 0.3) is 0 Å². The Morgan fingerprint density at radius 3 is 2.65 bits per heavy atom. The van der Waals surface area contributed by atoms with Crippen LogP contribution >= 0.6 is 0 Å². The van der Waals surface area contributed by atoms with Gasteiger partial charge in [0.05, 0.1) is 5.41 Å².